The fourth-order valence-corrected chi connectivity index (χ4v) is 1.41. The summed E-state index contributed by atoms with van der Waals surface area (Å²) >= 11 is 0. The van der Waals surface area contributed by atoms with Gasteiger partial charge in [-0.15, -0.1) is 0 Å². The van der Waals surface area contributed by atoms with Gasteiger partial charge in [-0.05, 0) is 31.2 Å². The van der Waals surface area contributed by atoms with Gasteiger partial charge in [-0.25, -0.2) is 0 Å². The second kappa shape index (κ2) is 4.11. The van der Waals surface area contributed by atoms with Gasteiger partial charge in [-0.1, -0.05) is 24.3 Å². The van der Waals surface area contributed by atoms with Gasteiger partial charge in [0.1, 0.15) is 11.3 Å². The van der Waals surface area contributed by atoms with Crippen molar-refractivity contribution >= 4 is 0 Å². The van der Waals surface area contributed by atoms with Crippen LogP contribution in [0, 0.1) is 11.3 Å². The van der Waals surface area contributed by atoms with E-state index in [0.29, 0.717) is 5.88 Å². The summed E-state index contributed by atoms with van der Waals surface area (Å²) in [5.41, 5.74) is -0.696. The van der Waals surface area contributed by atoms with E-state index in [9.17, 15) is 0 Å². The van der Waals surface area contributed by atoms with Crippen LogP contribution >= 0.6 is 0 Å². The fraction of sp³-hybridized carbons (Fsp3) is 0.154. The van der Waals surface area contributed by atoms with Gasteiger partial charge < -0.3 is 10.1 Å². The molecule has 0 spiro atoms. The Morgan fingerprint density at radius 2 is 2.06 bits per heavy atom. The number of ether oxygens (including phenoxy) is 1. The van der Waals surface area contributed by atoms with E-state index in [2.05, 4.69) is 11.4 Å². The van der Waals surface area contributed by atoms with Crippen LogP contribution in [-0.4, -0.2) is 5.54 Å². The Labute approximate surface area is 94.7 Å². The second-order valence-corrected chi connectivity index (χ2v) is 3.74. The predicted octanol–water partition coefficient (Wildman–Crippen LogP) is 2.35. The number of nitrogens with zero attached hydrogens (tertiary/aromatic N) is 1. The van der Waals surface area contributed by atoms with Crippen molar-refractivity contribution in [1.82, 2.24) is 5.32 Å². The molecule has 0 aromatic heterocycles. The highest BCUT2D eigenvalue weighted by atomic mass is 16.5. The van der Waals surface area contributed by atoms with Crippen molar-refractivity contribution in [3.63, 3.8) is 0 Å². The molecule has 80 valence electrons. The first-order valence-electron chi connectivity index (χ1n) is 5.04. The Balaban J connectivity index is 2.11. The molecule has 0 radical (unpaired) electrons. The highest BCUT2D eigenvalue weighted by molar-refractivity contribution is 5.31. The summed E-state index contributed by atoms with van der Waals surface area (Å²) in [7, 11) is 0. The van der Waals surface area contributed by atoms with Crippen LogP contribution < -0.4 is 10.1 Å². The molecule has 0 bridgehead atoms. The average molecular weight is 212 g/mol. The monoisotopic (exact) mass is 212 g/mol. The maximum absolute atomic E-state index is 8.99. The van der Waals surface area contributed by atoms with E-state index in [4.69, 9.17) is 10.00 Å². The fourth-order valence-electron chi connectivity index (χ4n) is 1.41. The van der Waals surface area contributed by atoms with Gasteiger partial charge >= 0.3 is 0 Å². The summed E-state index contributed by atoms with van der Waals surface area (Å²) < 4.78 is 5.60. The van der Waals surface area contributed by atoms with Crippen LogP contribution in [0.4, 0.5) is 0 Å². The van der Waals surface area contributed by atoms with Crippen molar-refractivity contribution in [3.8, 4) is 11.8 Å². The molecule has 0 fully saturated rings. The summed E-state index contributed by atoms with van der Waals surface area (Å²) in [5, 5.41) is 12.0. The molecule has 1 aromatic carbocycles. The van der Waals surface area contributed by atoms with Gasteiger partial charge in [0, 0.05) is 0 Å². The molecule has 0 aliphatic carbocycles. The van der Waals surface area contributed by atoms with Gasteiger partial charge in [-0.3, -0.25) is 0 Å². The first kappa shape index (κ1) is 10.3. The molecule has 0 amide bonds. The van der Waals surface area contributed by atoms with Crippen LogP contribution in [0.1, 0.15) is 6.92 Å². The van der Waals surface area contributed by atoms with Gasteiger partial charge in [0.2, 0.25) is 0 Å². The highest BCUT2D eigenvalue weighted by Crippen LogP contribution is 2.17. The zero-order valence-electron chi connectivity index (χ0n) is 8.97. The summed E-state index contributed by atoms with van der Waals surface area (Å²) in [5.74, 6) is 1.33. The molecule has 2 rings (SSSR count). The smallest absolute Gasteiger partial charge is 0.194 e. The molecule has 1 aromatic rings. The van der Waals surface area contributed by atoms with Crippen molar-refractivity contribution in [1.29, 1.82) is 5.26 Å². The summed E-state index contributed by atoms with van der Waals surface area (Å²) in [6.45, 7) is 1.80. The number of hydrogen-bond acceptors (Lipinski definition) is 3. The van der Waals surface area contributed by atoms with Gasteiger partial charge in [0.25, 0.3) is 0 Å². The molecule has 1 N–H and O–H groups in total. The first-order chi connectivity index (χ1) is 7.72. The van der Waals surface area contributed by atoms with Crippen molar-refractivity contribution in [2.75, 3.05) is 0 Å². The molecule has 3 heteroatoms. The lowest BCUT2D eigenvalue weighted by Crippen LogP contribution is -2.41. The Hall–Kier alpha value is -2.21. The minimum atomic E-state index is -0.696. The number of dihydropyridines is 1. The minimum absolute atomic E-state index is 0.581. The van der Waals surface area contributed by atoms with Crippen LogP contribution in [0.5, 0.6) is 5.75 Å². The first-order valence-corrected chi connectivity index (χ1v) is 5.04. The number of nitrogens with one attached hydrogen (secondary N) is 1. The van der Waals surface area contributed by atoms with Crippen LogP contribution in [0.25, 0.3) is 0 Å². The molecule has 0 saturated heterocycles. The lowest BCUT2D eigenvalue weighted by Gasteiger charge is -2.25. The molecule has 1 aliphatic rings. The number of hydrogen-bond donors (Lipinski definition) is 1. The molecule has 1 heterocycles. The number of benzene rings is 1. The van der Waals surface area contributed by atoms with Crippen molar-refractivity contribution in [3.05, 3.63) is 54.4 Å². The number of nitriles is 1. The Kier molecular flexibility index (Phi) is 2.65. The zero-order chi connectivity index (χ0) is 11.4. The van der Waals surface area contributed by atoms with Crippen molar-refractivity contribution in [2.45, 2.75) is 12.5 Å². The zero-order valence-corrected chi connectivity index (χ0v) is 8.97. The topological polar surface area (TPSA) is 45.0 Å². The lowest BCUT2D eigenvalue weighted by molar-refractivity contribution is 0.351. The molecule has 16 heavy (non-hydrogen) atoms. The Morgan fingerprint density at radius 3 is 2.75 bits per heavy atom. The van der Waals surface area contributed by atoms with E-state index in [1.54, 1.807) is 19.1 Å². The number of para-hydroxylation sites is 1. The van der Waals surface area contributed by atoms with Crippen LogP contribution in [0.15, 0.2) is 54.4 Å². The molecular formula is C13H12N2O. The molecule has 1 atom stereocenters. The highest BCUT2D eigenvalue weighted by Gasteiger charge is 2.23. The molecule has 3 nitrogen and oxygen atoms in total. The standard InChI is InChI=1S/C13H12N2O/c1-13(10-14)9-5-8-12(15-13)16-11-6-3-2-4-7-11/h2-9,15H,1H3/t13-/m0/s1. The lowest BCUT2D eigenvalue weighted by atomic mass is 10.0. The molecule has 1 aliphatic heterocycles. The largest absolute Gasteiger partial charge is 0.441 e. The summed E-state index contributed by atoms with van der Waals surface area (Å²) in [6.07, 6.45) is 5.41. The molecule has 0 unspecified atom stereocenters. The quantitative estimate of drug-likeness (QED) is 0.818. The third-order valence-corrected chi connectivity index (χ3v) is 2.26. The summed E-state index contributed by atoms with van der Waals surface area (Å²) in [6, 6.07) is 11.6. The van der Waals surface area contributed by atoms with Crippen molar-refractivity contribution < 1.29 is 4.74 Å². The third-order valence-electron chi connectivity index (χ3n) is 2.26. The minimum Gasteiger partial charge on any atom is -0.441 e. The van der Waals surface area contributed by atoms with Crippen molar-refractivity contribution in [2.24, 2.45) is 0 Å². The number of allylic oxidation sites excluding steroid dienone is 2. The van der Waals surface area contributed by atoms with E-state index < -0.39 is 5.54 Å². The van der Waals surface area contributed by atoms with E-state index in [1.165, 1.54) is 0 Å². The van der Waals surface area contributed by atoms with E-state index >= 15 is 0 Å². The second-order valence-electron chi connectivity index (χ2n) is 3.74. The summed E-state index contributed by atoms with van der Waals surface area (Å²) in [4.78, 5) is 0. The third kappa shape index (κ3) is 2.23. The van der Waals surface area contributed by atoms with E-state index in [0.717, 1.165) is 5.75 Å². The predicted molar refractivity (Wildman–Crippen MR) is 61.4 cm³/mol. The Morgan fingerprint density at radius 1 is 1.31 bits per heavy atom. The average Bonchev–Trinajstić information content (AvgIpc) is 2.30. The maximum atomic E-state index is 8.99. The van der Waals surface area contributed by atoms with Gasteiger partial charge in [0.05, 0.1) is 6.07 Å². The number of rotatable bonds is 2. The maximum Gasteiger partial charge on any atom is 0.194 e. The normalized spacial score (nSPS) is 22.9. The van der Waals surface area contributed by atoms with Gasteiger partial charge in [0.15, 0.2) is 5.88 Å². The van der Waals surface area contributed by atoms with Crippen LogP contribution in [0.2, 0.25) is 0 Å². The SMILES string of the molecule is C[C@@]1(C#N)C=CC=C(Oc2ccccc2)N1. The van der Waals surface area contributed by atoms with E-state index in [-0.39, 0.29) is 0 Å². The van der Waals surface area contributed by atoms with Crippen LogP contribution in [-0.2, 0) is 0 Å². The Bertz CT molecular complexity index is 470. The van der Waals surface area contributed by atoms with Gasteiger partial charge in [-0.2, -0.15) is 5.26 Å². The van der Waals surface area contributed by atoms with E-state index in [1.807, 2.05) is 36.4 Å². The molecule has 0 saturated carbocycles. The van der Waals surface area contributed by atoms with Crippen LogP contribution in [0.3, 0.4) is 0 Å². The molecular weight excluding hydrogens is 200 g/mol.